The van der Waals surface area contributed by atoms with Gasteiger partial charge in [0.05, 0.1) is 5.56 Å². The molecular weight excluding hydrogens is 232 g/mol. The molecule has 0 unspecified atom stereocenters. The molecule has 0 radical (unpaired) electrons. The third kappa shape index (κ3) is 1.62. The first kappa shape index (κ1) is 11.4. The van der Waals surface area contributed by atoms with Gasteiger partial charge in [-0.1, -0.05) is 0 Å². The maximum Gasteiger partial charge on any atom is 0.345 e. The number of carboxylic acids is 1. The third-order valence-electron chi connectivity index (χ3n) is 2.64. The lowest BCUT2D eigenvalue weighted by Gasteiger charge is -2.13. The molecule has 1 aromatic rings. The summed E-state index contributed by atoms with van der Waals surface area (Å²) in [5.41, 5.74) is -0.364. The molecule has 1 aliphatic heterocycles. The number of nitrogens with two attached hydrogens (primary N) is 1. The number of Topliss-reactive ketones (excluding diaryl/α,β-unsaturated/α-hetero) is 1. The quantitative estimate of drug-likeness (QED) is 0.558. The van der Waals surface area contributed by atoms with E-state index in [-0.39, 0.29) is 16.8 Å². The van der Waals surface area contributed by atoms with Gasteiger partial charge in [0.2, 0.25) is 5.78 Å². The number of fused-ring (bicyclic) bond motifs is 1. The van der Waals surface area contributed by atoms with Crippen molar-refractivity contribution >= 4 is 17.4 Å². The Hall–Kier alpha value is -2.08. The van der Waals surface area contributed by atoms with Crippen molar-refractivity contribution < 1.29 is 28.8 Å². The first-order chi connectivity index (χ1) is 7.93. The van der Waals surface area contributed by atoms with Gasteiger partial charge in [0, 0.05) is 5.56 Å². The van der Waals surface area contributed by atoms with Crippen molar-refractivity contribution in [1.29, 1.82) is 0 Å². The van der Waals surface area contributed by atoms with Gasteiger partial charge >= 0.3 is 5.97 Å². The van der Waals surface area contributed by atoms with Crippen LogP contribution >= 0.6 is 0 Å². The Morgan fingerprint density at radius 3 is 2.65 bits per heavy atom. The smallest absolute Gasteiger partial charge is 0.345 e. The van der Waals surface area contributed by atoms with Crippen LogP contribution in [0.1, 0.15) is 15.9 Å². The number of carboxylic acid groups (broad SMARTS) is 1. The van der Waals surface area contributed by atoms with Gasteiger partial charge in [-0.05, 0) is 13.0 Å². The number of carbonyl (C=O) groups excluding carboxylic acids is 1. The van der Waals surface area contributed by atoms with Gasteiger partial charge < -0.3 is 5.11 Å². The number of halogens is 2. The zero-order valence-electron chi connectivity index (χ0n) is 8.75. The fourth-order valence-corrected chi connectivity index (χ4v) is 1.73. The molecular formula is C11H8F2NO3+. The summed E-state index contributed by atoms with van der Waals surface area (Å²) in [5.74, 6) is -4.38. The molecule has 0 aliphatic carbocycles. The fourth-order valence-electron chi connectivity index (χ4n) is 1.73. The van der Waals surface area contributed by atoms with Gasteiger partial charge in [-0.25, -0.2) is 13.6 Å². The third-order valence-corrected chi connectivity index (χ3v) is 2.64. The van der Waals surface area contributed by atoms with Crippen LogP contribution in [0.5, 0.6) is 0 Å². The Kier molecular flexibility index (Phi) is 2.51. The first-order valence-corrected chi connectivity index (χ1v) is 4.75. The van der Waals surface area contributed by atoms with E-state index in [9.17, 15) is 18.4 Å². The van der Waals surface area contributed by atoms with Crippen LogP contribution < -0.4 is 5.32 Å². The van der Waals surface area contributed by atoms with Crippen LogP contribution in [-0.4, -0.2) is 16.9 Å². The standard InChI is InChI=1S/C11H7F2NO3/c1-4-8(13)7(12)2-5-9(4)14-3-6(10(5)15)11(16)17/h2-3H,1H3,(H,14,15)(H,16,17)/p+1. The number of ketones is 1. The second-order valence-corrected chi connectivity index (χ2v) is 3.64. The summed E-state index contributed by atoms with van der Waals surface area (Å²) in [7, 11) is 0. The van der Waals surface area contributed by atoms with Crippen molar-refractivity contribution in [3.8, 4) is 0 Å². The molecule has 0 spiro atoms. The summed E-state index contributed by atoms with van der Waals surface area (Å²) in [6.45, 7) is 1.33. The molecule has 0 fully saturated rings. The van der Waals surface area contributed by atoms with E-state index in [0.717, 1.165) is 12.3 Å². The van der Waals surface area contributed by atoms with E-state index >= 15 is 0 Å². The van der Waals surface area contributed by atoms with E-state index in [0.29, 0.717) is 0 Å². The highest BCUT2D eigenvalue weighted by Crippen LogP contribution is 2.26. The molecule has 1 heterocycles. The Morgan fingerprint density at radius 1 is 1.41 bits per heavy atom. The van der Waals surface area contributed by atoms with E-state index in [1.165, 1.54) is 12.2 Å². The van der Waals surface area contributed by atoms with Crippen molar-refractivity contribution in [3.63, 3.8) is 0 Å². The molecule has 0 bridgehead atoms. The van der Waals surface area contributed by atoms with Crippen LogP contribution in [0.4, 0.5) is 14.5 Å². The molecule has 0 saturated carbocycles. The summed E-state index contributed by atoms with van der Waals surface area (Å²) in [4.78, 5) is 22.5. The van der Waals surface area contributed by atoms with Crippen LogP contribution in [0.3, 0.4) is 0 Å². The van der Waals surface area contributed by atoms with E-state index < -0.39 is 29.0 Å². The van der Waals surface area contributed by atoms with Crippen molar-refractivity contribution in [2.24, 2.45) is 0 Å². The molecule has 1 aromatic carbocycles. The van der Waals surface area contributed by atoms with Gasteiger partial charge in [0.1, 0.15) is 6.20 Å². The van der Waals surface area contributed by atoms with E-state index in [1.54, 1.807) is 0 Å². The minimum absolute atomic E-state index is 0.00552. The topological polar surface area (TPSA) is 71.0 Å². The lowest BCUT2D eigenvalue weighted by Crippen LogP contribution is -2.74. The normalized spacial score (nSPS) is 14.3. The fraction of sp³-hybridized carbons (Fsp3) is 0.0909. The minimum atomic E-state index is -1.39. The van der Waals surface area contributed by atoms with Gasteiger partial charge in [-0.2, -0.15) is 0 Å². The van der Waals surface area contributed by atoms with Crippen LogP contribution in [-0.2, 0) is 4.79 Å². The number of carbonyl (C=O) groups is 2. The second kappa shape index (κ2) is 3.74. The SMILES string of the molecule is Cc1c(F)c(F)cc2c1[NH2+]C=C(C(=O)O)C2=O. The number of rotatable bonds is 1. The van der Waals surface area contributed by atoms with Crippen LogP contribution in [0.2, 0.25) is 0 Å². The maximum atomic E-state index is 13.3. The Labute approximate surface area is 94.6 Å². The summed E-state index contributed by atoms with van der Waals surface area (Å²) in [6.07, 6.45) is 1.09. The van der Waals surface area contributed by atoms with Crippen molar-refractivity contribution in [3.05, 3.63) is 40.6 Å². The van der Waals surface area contributed by atoms with Crippen molar-refractivity contribution in [1.82, 2.24) is 0 Å². The number of hydrogen-bond acceptors (Lipinski definition) is 2. The van der Waals surface area contributed by atoms with E-state index in [4.69, 9.17) is 5.11 Å². The highest BCUT2D eigenvalue weighted by molar-refractivity contribution is 6.25. The average Bonchev–Trinajstić information content (AvgIpc) is 2.27. The lowest BCUT2D eigenvalue weighted by atomic mass is 9.96. The Balaban J connectivity index is 2.64. The predicted molar refractivity (Wildman–Crippen MR) is 52.7 cm³/mol. The van der Waals surface area contributed by atoms with Crippen molar-refractivity contribution in [2.45, 2.75) is 6.92 Å². The van der Waals surface area contributed by atoms with Crippen LogP contribution in [0.25, 0.3) is 0 Å². The molecule has 0 aromatic heterocycles. The molecule has 88 valence electrons. The van der Waals surface area contributed by atoms with Gasteiger partial charge in [0.15, 0.2) is 22.9 Å². The number of quaternary nitrogens is 1. The number of hydrogen-bond donors (Lipinski definition) is 2. The molecule has 2 rings (SSSR count). The molecule has 6 heteroatoms. The summed E-state index contributed by atoms with van der Waals surface area (Å²) < 4.78 is 26.4. The highest BCUT2D eigenvalue weighted by Gasteiger charge is 2.32. The maximum absolute atomic E-state index is 13.3. The largest absolute Gasteiger partial charge is 0.477 e. The summed E-state index contributed by atoms with van der Waals surface area (Å²) >= 11 is 0. The molecule has 3 N–H and O–H groups in total. The van der Waals surface area contributed by atoms with Crippen LogP contribution in [0.15, 0.2) is 17.8 Å². The predicted octanol–water partition coefficient (Wildman–Crippen LogP) is 0.633. The first-order valence-electron chi connectivity index (χ1n) is 4.75. The zero-order valence-corrected chi connectivity index (χ0v) is 8.75. The molecule has 0 atom stereocenters. The molecule has 17 heavy (non-hydrogen) atoms. The minimum Gasteiger partial charge on any atom is -0.477 e. The lowest BCUT2D eigenvalue weighted by molar-refractivity contribution is -0.498. The second-order valence-electron chi connectivity index (χ2n) is 3.64. The van der Waals surface area contributed by atoms with Crippen LogP contribution in [0, 0.1) is 18.6 Å². The summed E-state index contributed by atoms with van der Waals surface area (Å²) in [5, 5.41) is 10.1. The molecule has 0 saturated heterocycles. The highest BCUT2D eigenvalue weighted by atomic mass is 19.2. The number of aliphatic carboxylic acids is 1. The van der Waals surface area contributed by atoms with Gasteiger partial charge in [-0.3, -0.25) is 10.1 Å². The molecule has 0 amide bonds. The average molecular weight is 240 g/mol. The zero-order chi connectivity index (χ0) is 12.7. The molecule has 1 aliphatic rings. The summed E-state index contributed by atoms with van der Waals surface area (Å²) in [6, 6.07) is 0.729. The van der Waals surface area contributed by atoms with Gasteiger partial charge in [-0.15, -0.1) is 0 Å². The Bertz CT molecular complexity index is 579. The monoisotopic (exact) mass is 240 g/mol. The van der Waals surface area contributed by atoms with Gasteiger partial charge in [0.25, 0.3) is 0 Å². The Morgan fingerprint density at radius 2 is 2.06 bits per heavy atom. The van der Waals surface area contributed by atoms with E-state index in [1.807, 2.05) is 0 Å². The van der Waals surface area contributed by atoms with E-state index in [2.05, 4.69) is 0 Å². The molecule has 4 nitrogen and oxygen atoms in total. The number of benzene rings is 1. The van der Waals surface area contributed by atoms with Crippen molar-refractivity contribution in [2.75, 3.05) is 0 Å².